The lowest BCUT2D eigenvalue weighted by atomic mass is 9.84. The van der Waals surface area contributed by atoms with Crippen LogP contribution in [-0.4, -0.2) is 55.2 Å². The van der Waals surface area contributed by atoms with Gasteiger partial charge in [-0.05, 0) is 62.5 Å². The number of piperidine rings is 3. The molecule has 1 atom stereocenters. The second kappa shape index (κ2) is 8.79. The molecule has 3 radical (unpaired) electrons. The van der Waals surface area contributed by atoms with Crippen LogP contribution in [0.25, 0.3) is 21.8 Å². The maximum absolute atomic E-state index is 11.9. The Hall–Kier alpha value is -2.73. The Morgan fingerprint density at radius 1 is 1.16 bits per heavy atom. The third-order valence-electron chi connectivity index (χ3n) is 6.78. The molecule has 3 fully saturated rings. The number of para-hydroxylation sites is 1. The van der Waals surface area contributed by atoms with Gasteiger partial charge in [-0.2, -0.15) is 0 Å². The SMILES string of the molecule is CCC(C(=O)O)n1c2ccccc2c2ccc(OC/C=C3\CN4CCC3CC4)cc21.[B]. The zero-order chi connectivity index (χ0) is 20.7. The Morgan fingerprint density at radius 3 is 2.58 bits per heavy atom. The lowest BCUT2D eigenvalue weighted by molar-refractivity contribution is -0.140. The molecule has 0 amide bonds. The van der Waals surface area contributed by atoms with Crippen molar-refractivity contribution in [2.24, 2.45) is 5.92 Å². The molecule has 3 aliphatic heterocycles. The lowest BCUT2D eigenvalue weighted by Gasteiger charge is -2.41. The summed E-state index contributed by atoms with van der Waals surface area (Å²) in [6, 6.07) is 13.5. The van der Waals surface area contributed by atoms with Crippen LogP contribution < -0.4 is 4.74 Å². The van der Waals surface area contributed by atoms with Crippen molar-refractivity contribution >= 4 is 36.2 Å². The van der Waals surface area contributed by atoms with E-state index >= 15 is 0 Å². The lowest BCUT2D eigenvalue weighted by Crippen LogP contribution is -2.43. The molecule has 6 heteroatoms. The second-order valence-electron chi connectivity index (χ2n) is 8.47. The summed E-state index contributed by atoms with van der Waals surface area (Å²) < 4.78 is 8.04. The van der Waals surface area contributed by atoms with Crippen molar-refractivity contribution in [3.8, 4) is 5.75 Å². The van der Waals surface area contributed by atoms with Crippen LogP contribution in [0, 0.1) is 5.92 Å². The van der Waals surface area contributed by atoms with Crippen LogP contribution >= 0.6 is 0 Å². The van der Waals surface area contributed by atoms with Crippen molar-refractivity contribution in [3.63, 3.8) is 0 Å². The minimum Gasteiger partial charge on any atom is -0.489 e. The number of carboxylic acids is 1. The molecule has 0 spiro atoms. The molecule has 5 nitrogen and oxygen atoms in total. The van der Waals surface area contributed by atoms with Crippen molar-refractivity contribution in [3.05, 3.63) is 54.1 Å². The summed E-state index contributed by atoms with van der Waals surface area (Å²) in [5, 5.41) is 11.9. The van der Waals surface area contributed by atoms with E-state index in [0.717, 1.165) is 40.0 Å². The van der Waals surface area contributed by atoms with Crippen LogP contribution in [0.2, 0.25) is 0 Å². The van der Waals surface area contributed by atoms with E-state index in [1.165, 1.54) is 31.5 Å². The van der Waals surface area contributed by atoms with Gasteiger partial charge in [0.2, 0.25) is 0 Å². The van der Waals surface area contributed by atoms with Gasteiger partial charge in [0.1, 0.15) is 18.4 Å². The summed E-state index contributed by atoms with van der Waals surface area (Å²) in [5.74, 6) is 0.702. The highest BCUT2D eigenvalue weighted by Gasteiger charge is 2.29. The molecular weight excluding hydrogens is 387 g/mol. The van der Waals surface area contributed by atoms with E-state index in [1.807, 2.05) is 41.8 Å². The first-order valence-corrected chi connectivity index (χ1v) is 10.9. The number of fused-ring (bicyclic) bond motifs is 6. The fraction of sp³-hybridized carbons (Fsp3) is 0.400. The number of carboxylic acid groups (broad SMARTS) is 1. The van der Waals surface area contributed by atoms with Crippen molar-refractivity contribution in [1.29, 1.82) is 0 Å². The largest absolute Gasteiger partial charge is 0.489 e. The number of aliphatic carboxylic acids is 1. The molecule has 1 unspecified atom stereocenters. The van der Waals surface area contributed by atoms with Crippen molar-refractivity contribution < 1.29 is 14.6 Å². The minimum atomic E-state index is -0.807. The molecular formula is C25H28BN2O3. The van der Waals surface area contributed by atoms with Crippen molar-refractivity contribution in [2.45, 2.75) is 32.2 Å². The summed E-state index contributed by atoms with van der Waals surface area (Å²) >= 11 is 0. The van der Waals surface area contributed by atoms with Gasteiger partial charge in [-0.1, -0.05) is 30.7 Å². The number of rotatable bonds is 6. The summed E-state index contributed by atoms with van der Waals surface area (Å²) in [4.78, 5) is 14.5. The highest BCUT2D eigenvalue weighted by atomic mass is 16.5. The number of nitrogens with zero attached hydrogens (tertiary/aromatic N) is 2. The zero-order valence-corrected chi connectivity index (χ0v) is 18.0. The van der Waals surface area contributed by atoms with Gasteiger partial charge in [-0.15, -0.1) is 0 Å². The number of ether oxygens (including phenoxy) is 1. The fourth-order valence-corrected chi connectivity index (χ4v) is 5.20. The Kier molecular flexibility index (Phi) is 6.10. The van der Waals surface area contributed by atoms with Gasteiger partial charge in [-0.25, -0.2) is 4.79 Å². The van der Waals surface area contributed by atoms with Crippen LogP contribution in [0.1, 0.15) is 32.2 Å². The van der Waals surface area contributed by atoms with E-state index in [2.05, 4.69) is 23.1 Å². The second-order valence-corrected chi connectivity index (χ2v) is 8.47. The molecule has 0 saturated carbocycles. The highest BCUT2D eigenvalue weighted by Crippen LogP contribution is 2.35. The number of benzene rings is 2. The summed E-state index contributed by atoms with van der Waals surface area (Å²) in [5.41, 5.74) is 3.38. The molecule has 2 bridgehead atoms. The van der Waals surface area contributed by atoms with Gasteiger partial charge < -0.3 is 14.4 Å². The van der Waals surface area contributed by atoms with Crippen LogP contribution in [0.15, 0.2) is 54.1 Å². The van der Waals surface area contributed by atoms with E-state index in [9.17, 15) is 9.90 Å². The molecule has 3 saturated heterocycles. The standard InChI is InChI=1S/C25H28N2O3.B/c1-2-22(25(28)29)27-23-6-4-3-5-20(23)21-8-7-19(15-24(21)27)30-14-11-18-16-26-12-9-17(18)10-13-26;/h3-8,11,15,17,22H,2,9-10,12-14,16H2,1H3,(H,28,29);/b18-11+;. The molecule has 3 aliphatic rings. The van der Waals surface area contributed by atoms with Gasteiger partial charge in [0, 0.05) is 37.3 Å². The van der Waals surface area contributed by atoms with Crippen LogP contribution in [-0.2, 0) is 4.79 Å². The predicted octanol–water partition coefficient (Wildman–Crippen LogP) is 4.48. The Bertz CT molecular complexity index is 1130. The molecule has 159 valence electrons. The van der Waals surface area contributed by atoms with Gasteiger partial charge in [-0.3, -0.25) is 4.90 Å². The Morgan fingerprint density at radius 2 is 1.90 bits per heavy atom. The topological polar surface area (TPSA) is 54.7 Å². The third kappa shape index (κ3) is 3.85. The Balaban J connectivity index is 0.00000231. The quantitative estimate of drug-likeness (QED) is 0.477. The van der Waals surface area contributed by atoms with E-state index in [0.29, 0.717) is 13.0 Å². The molecule has 3 aromatic rings. The first-order chi connectivity index (χ1) is 14.7. The van der Waals surface area contributed by atoms with E-state index in [4.69, 9.17) is 4.74 Å². The molecule has 1 aromatic heterocycles. The summed E-state index contributed by atoms with van der Waals surface area (Å²) in [6.45, 7) is 6.01. The number of hydrogen-bond acceptors (Lipinski definition) is 3. The maximum atomic E-state index is 11.9. The minimum absolute atomic E-state index is 0. The third-order valence-corrected chi connectivity index (χ3v) is 6.78. The number of carbonyl (C=O) groups is 1. The molecule has 0 aliphatic carbocycles. The zero-order valence-electron chi connectivity index (χ0n) is 18.0. The van der Waals surface area contributed by atoms with Gasteiger partial charge in [0.25, 0.3) is 0 Å². The average molecular weight is 415 g/mol. The molecule has 6 rings (SSSR count). The fourth-order valence-electron chi connectivity index (χ4n) is 5.20. The van der Waals surface area contributed by atoms with Crippen LogP contribution in [0.3, 0.4) is 0 Å². The van der Waals surface area contributed by atoms with Crippen molar-refractivity contribution in [2.75, 3.05) is 26.2 Å². The molecule has 1 N–H and O–H groups in total. The van der Waals surface area contributed by atoms with E-state index in [1.54, 1.807) is 0 Å². The predicted molar refractivity (Wildman–Crippen MR) is 125 cm³/mol. The number of aromatic nitrogens is 1. The monoisotopic (exact) mass is 415 g/mol. The number of hydrogen-bond donors (Lipinski definition) is 1. The summed E-state index contributed by atoms with van der Waals surface area (Å²) in [7, 11) is 0. The van der Waals surface area contributed by atoms with Crippen molar-refractivity contribution in [1.82, 2.24) is 9.47 Å². The van der Waals surface area contributed by atoms with Gasteiger partial charge in [0.05, 0.1) is 5.52 Å². The summed E-state index contributed by atoms with van der Waals surface area (Å²) in [6.07, 6.45) is 5.32. The normalized spacial score (nSPS) is 22.5. The molecule has 2 aromatic carbocycles. The van der Waals surface area contributed by atoms with Crippen LogP contribution in [0.5, 0.6) is 5.75 Å². The molecule has 31 heavy (non-hydrogen) atoms. The van der Waals surface area contributed by atoms with Crippen LogP contribution in [0.4, 0.5) is 0 Å². The average Bonchev–Trinajstić information content (AvgIpc) is 3.09. The maximum Gasteiger partial charge on any atom is 0.326 e. The highest BCUT2D eigenvalue weighted by molar-refractivity contribution is 6.09. The van der Waals surface area contributed by atoms with Gasteiger partial charge in [0.15, 0.2) is 0 Å². The smallest absolute Gasteiger partial charge is 0.326 e. The Labute approximate surface area is 184 Å². The van der Waals surface area contributed by atoms with E-state index < -0.39 is 12.0 Å². The first kappa shape index (κ1) is 21.5. The molecule has 4 heterocycles. The first-order valence-electron chi connectivity index (χ1n) is 10.9. The van der Waals surface area contributed by atoms with Gasteiger partial charge >= 0.3 is 5.97 Å². The van der Waals surface area contributed by atoms with E-state index in [-0.39, 0.29) is 8.41 Å².